The normalized spacial score (nSPS) is 22.1. The molecule has 1 N–H and O–H groups in total. The third kappa shape index (κ3) is 4.31. The van der Waals surface area contributed by atoms with E-state index in [2.05, 4.69) is 20.2 Å². The lowest BCUT2D eigenvalue weighted by Gasteiger charge is -2.37. The molecule has 8 nitrogen and oxygen atoms in total. The van der Waals surface area contributed by atoms with Crippen molar-refractivity contribution >= 4 is 27.4 Å². The van der Waals surface area contributed by atoms with Crippen molar-refractivity contribution in [2.75, 3.05) is 43.0 Å². The molecular weight excluding hydrogens is 378 g/mol. The first-order chi connectivity index (χ1) is 13.5. The van der Waals surface area contributed by atoms with Crippen molar-refractivity contribution in [3.8, 4) is 0 Å². The van der Waals surface area contributed by atoms with Gasteiger partial charge in [0.25, 0.3) is 5.91 Å². The molecule has 1 atom stereocenters. The molecule has 0 spiro atoms. The number of carbonyl (C=O) groups excluding carboxylic acids is 1. The summed E-state index contributed by atoms with van der Waals surface area (Å²) < 4.78 is 23.4. The predicted molar refractivity (Wildman–Crippen MR) is 106 cm³/mol. The molecule has 1 amide bonds. The molecule has 0 radical (unpaired) electrons. The van der Waals surface area contributed by atoms with Crippen LogP contribution in [0.15, 0.2) is 42.7 Å². The van der Waals surface area contributed by atoms with E-state index < -0.39 is 9.84 Å². The summed E-state index contributed by atoms with van der Waals surface area (Å²) in [6, 6.07) is 9.14. The van der Waals surface area contributed by atoms with E-state index in [4.69, 9.17) is 0 Å². The lowest BCUT2D eigenvalue weighted by molar-refractivity contribution is 0.0588. The molecule has 0 saturated carbocycles. The molecule has 28 heavy (non-hydrogen) atoms. The number of nitrogens with zero attached hydrogens (tertiary/aromatic N) is 4. The highest BCUT2D eigenvalue weighted by atomic mass is 32.2. The van der Waals surface area contributed by atoms with Crippen molar-refractivity contribution in [2.24, 2.45) is 0 Å². The van der Waals surface area contributed by atoms with Gasteiger partial charge in [0.05, 0.1) is 11.5 Å². The minimum Gasteiger partial charge on any atom is -0.336 e. The van der Waals surface area contributed by atoms with E-state index in [1.54, 1.807) is 30.6 Å². The lowest BCUT2D eigenvalue weighted by atomic mass is 10.1. The molecule has 0 bridgehead atoms. The number of carbonyl (C=O) groups is 1. The number of rotatable bonds is 4. The molecule has 2 aromatic rings. The lowest BCUT2D eigenvalue weighted by Crippen LogP contribution is -2.52. The molecule has 2 aliphatic heterocycles. The van der Waals surface area contributed by atoms with Crippen LogP contribution >= 0.6 is 0 Å². The Kier molecular flexibility index (Phi) is 5.27. The van der Waals surface area contributed by atoms with Crippen LogP contribution in [0.3, 0.4) is 0 Å². The van der Waals surface area contributed by atoms with Crippen molar-refractivity contribution in [3.63, 3.8) is 0 Å². The number of anilines is 2. The Morgan fingerprint density at radius 3 is 2.50 bits per heavy atom. The van der Waals surface area contributed by atoms with Crippen LogP contribution in [0.5, 0.6) is 0 Å². The van der Waals surface area contributed by atoms with Gasteiger partial charge >= 0.3 is 0 Å². The first-order valence-corrected chi connectivity index (χ1v) is 11.2. The molecule has 4 rings (SSSR count). The topological polar surface area (TPSA) is 95.5 Å². The molecule has 1 aromatic heterocycles. The van der Waals surface area contributed by atoms with Crippen LogP contribution in [-0.2, 0) is 9.84 Å². The van der Waals surface area contributed by atoms with E-state index in [0.717, 1.165) is 5.69 Å². The van der Waals surface area contributed by atoms with Gasteiger partial charge in [0, 0.05) is 55.9 Å². The second-order valence-electron chi connectivity index (χ2n) is 7.16. The summed E-state index contributed by atoms with van der Waals surface area (Å²) >= 11 is 0. The third-order valence-corrected chi connectivity index (χ3v) is 7.01. The fourth-order valence-corrected chi connectivity index (χ4v) is 5.52. The molecule has 1 aromatic carbocycles. The summed E-state index contributed by atoms with van der Waals surface area (Å²) in [5.74, 6) is 0.987. The van der Waals surface area contributed by atoms with Crippen LogP contribution in [0.4, 0.5) is 11.6 Å². The number of amides is 1. The SMILES string of the molecule is O=C(c1cccc(Nc2ncccn2)c1)N1CCN([C@H]2CCS(=O)(=O)C2)CC1. The first-order valence-electron chi connectivity index (χ1n) is 9.38. The monoisotopic (exact) mass is 401 g/mol. The fourth-order valence-electron chi connectivity index (χ4n) is 3.76. The van der Waals surface area contributed by atoms with Crippen LogP contribution in [0, 0.1) is 0 Å². The highest BCUT2D eigenvalue weighted by Crippen LogP contribution is 2.21. The Morgan fingerprint density at radius 1 is 1.07 bits per heavy atom. The van der Waals surface area contributed by atoms with Crippen LogP contribution in [0.2, 0.25) is 0 Å². The van der Waals surface area contributed by atoms with Crippen LogP contribution < -0.4 is 5.32 Å². The van der Waals surface area contributed by atoms with E-state index in [-0.39, 0.29) is 23.5 Å². The molecule has 148 valence electrons. The van der Waals surface area contributed by atoms with Crippen LogP contribution in [0.25, 0.3) is 0 Å². The second kappa shape index (κ2) is 7.84. The van der Waals surface area contributed by atoms with Crippen molar-refractivity contribution in [2.45, 2.75) is 12.5 Å². The second-order valence-corrected chi connectivity index (χ2v) is 9.39. The number of hydrogen-bond acceptors (Lipinski definition) is 7. The van der Waals surface area contributed by atoms with E-state index in [0.29, 0.717) is 44.1 Å². The Balaban J connectivity index is 1.37. The highest BCUT2D eigenvalue weighted by Gasteiger charge is 2.34. The van der Waals surface area contributed by atoms with Gasteiger partial charge in [0.1, 0.15) is 0 Å². The molecule has 2 fully saturated rings. The van der Waals surface area contributed by atoms with Crippen molar-refractivity contribution in [1.29, 1.82) is 0 Å². The van der Waals surface area contributed by atoms with Gasteiger partial charge in [0.15, 0.2) is 9.84 Å². The van der Waals surface area contributed by atoms with Crippen molar-refractivity contribution in [3.05, 3.63) is 48.3 Å². The zero-order valence-corrected chi connectivity index (χ0v) is 16.3. The first kappa shape index (κ1) is 18.8. The minimum absolute atomic E-state index is 0.0173. The zero-order chi connectivity index (χ0) is 19.6. The summed E-state index contributed by atoms with van der Waals surface area (Å²) in [6.07, 6.45) is 4.00. The largest absolute Gasteiger partial charge is 0.336 e. The van der Waals surface area contributed by atoms with Gasteiger partial charge in [-0.2, -0.15) is 0 Å². The number of hydrogen-bond donors (Lipinski definition) is 1. The number of benzene rings is 1. The molecular formula is C19H23N5O3S. The van der Waals surface area contributed by atoms with E-state index in [9.17, 15) is 13.2 Å². The Bertz CT molecular complexity index is 943. The summed E-state index contributed by atoms with van der Waals surface area (Å²) in [6.45, 7) is 2.63. The standard InChI is InChI=1S/C19H23N5O3S/c25-18(15-3-1-4-16(13-15)22-19-20-6-2-7-21-19)24-10-8-23(9-11-24)17-5-12-28(26,27)14-17/h1-4,6-7,13,17H,5,8-12,14H2,(H,20,21,22)/t17-/m0/s1. The number of aromatic nitrogens is 2. The Morgan fingerprint density at radius 2 is 1.82 bits per heavy atom. The molecule has 3 heterocycles. The smallest absolute Gasteiger partial charge is 0.254 e. The maximum atomic E-state index is 12.9. The summed E-state index contributed by atoms with van der Waals surface area (Å²) in [5, 5.41) is 3.10. The molecule has 0 unspecified atom stereocenters. The third-order valence-electron chi connectivity index (χ3n) is 5.26. The van der Waals surface area contributed by atoms with Gasteiger partial charge in [-0.3, -0.25) is 9.69 Å². The average Bonchev–Trinajstić information content (AvgIpc) is 3.08. The maximum absolute atomic E-state index is 12.9. The van der Waals surface area contributed by atoms with E-state index in [1.165, 1.54) is 0 Å². The Hall–Kier alpha value is -2.52. The summed E-state index contributed by atoms with van der Waals surface area (Å²) in [7, 11) is -2.89. The van der Waals surface area contributed by atoms with Gasteiger partial charge < -0.3 is 10.2 Å². The van der Waals surface area contributed by atoms with Gasteiger partial charge in [-0.1, -0.05) is 6.07 Å². The zero-order valence-electron chi connectivity index (χ0n) is 15.5. The minimum atomic E-state index is -2.89. The average molecular weight is 401 g/mol. The number of nitrogens with one attached hydrogen (secondary N) is 1. The molecule has 2 saturated heterocycles. The molecule has 2 aliphatic rings. The van der Waals surface area contributed by atoms with Gasteiger partial charge in [-0.05, 0) is 30.7 Å². The van der Waals surface area contributed by atoms with Gasteiger partial charge in [-0.15, -0.1) is 0 Å². The highest BCUT2D eigenvalue weighted by molar-refractivity contribution is 7.91. The van der Waals surface area contributed by atoms with Crippen molar-refractivity contribution in [1.82, 2.24) is 19.8 Å². The number of piperazine rings is 1. The number of sulfone groups is 1. The summed E-state index contributed by atoms with van der Waals surface area (Å²) in [4.78, 5) is 25.2. The van der Waals surface area contributed by atoms with E-state index in [1.807, 2.05) is 17.0 Å². The van der Waals surface area contributed by atoms with Crippen molar-refractivity contribution < 1.29 is 13.2 Å². The predicted octanol–water partition coefficient (Wildman–Crippen LogP) is 1.17. The van der Waals surface area contributed by atoms with Crippen LogP contribution in [0.1, 0.15) is 16.8 Å². The maximum Gasteiger partial charge on any atom is 0.254 e. The van der Waals surface area contributed by atoms with Gasteiger partial charge in [-0.25, -0.2) is 18.4 Å². The van der Waals surface area contributed by atoms with Crippen LogP contribution in [-0.4, -0.2) is 77.8 Å². The fraction of sp³-hybridized carbons (Fsp3) is 0.421. The van der Waals surface area contributed by atoms with Gasteiger partial charge in [0.2, 0.25) is 5.95 Å². The molecule has 0 aliphatic carbocycles. The molecule has 9 heteroatoms. The van der Waals surface area contributed by atoms with E-state index >= 15 is 0 Å². The Labute approximate surface area is 164 Å². The quantitative estimate of drug-likeness (QED) is 0.821. The summed E-state index contributed by atoms with van der Waals surface area (Å²) in [5.41, 5.74) is 1.37.